The van der Waals surface area contributed by atoms with Crippen LogP contribution in [0.25, 0.3) is 0 Å². The molecule has 13 heteroatoms. The number of likely N-dealkylation sites (N-methyl/N-ethyl adjacent to an activating group) is 1. The van der Waals surface area contributed by atoms with Crippen molar-refractivity contribution in [3.8, 4) is 5.75 Å². The molecule has 6 N–H and O–H groups in total. The number of hydrogen-bond acceptors (Lipinski definition) is 9. The predicted octanol–water partition coefficient (Wildman–Crippen LogP) is 3.52. The number of Topliss-reactive ketones (excluding diaryl/α,β-unsaturated/α-hetero) is 2. The summed E-state index contributed by atoms with van der Waals surface area (Å²) in [5.41, 5.74) is 1.07. The van der Waals surface area contributed by atoms with Crippen LogP contribution in [0.1, 0.15) is 57.4 Å². The molecule has 2 aromatic rings. The number of ketones is 2. The molecule has 260 valence electrons. The van der Waals surface area contributed by atoms with E-state index in [1.807, 2.05) is 24.3 Å². The van der Waals surface area contributed by atoms with Crippen molar-refractivity contribution in [2.45, 2.75) is 68.9 Å². The van der Waals surface area contributed by atoms with E-state index in [0.717, 1.165) is 30.0 Å². The molecule has 10 nitrogen and oxygen atoms in total. The molecule has 0 radical (unpaired) electrons. The first-order valence-electron chi connectivity index (χ1n) is 16.4. The highest BCUT2D eigenvalue weighted by Gasteiger charge is 2.63. The van der Waals surface area contributed by atoms with Crippen LogP contribution in [0, 0.1) is 17.8 Å². The Bertz CT molecular complexity index is 1840. The third-order valence-corrected chi connectivity index (χ3v) is 11.2. The lowest BCUT2D eigenvalue weighted by atomic mass is 9.58. The van der Waals surface area contributed by atoms with Crippen molar-refractivity contribution in [1.29, 1.82) is 0 Å². The molecule has 0 heterocycles. The molecule has 0 unspecified atom stereocenters. The zero-order valence-electron chi connectivity index (χ0n) is 27.0. The average molecular weight is 682 g/mol. The SMILES string of the molecule is CN(C)[C@@H]1C(O)=C(C(N)=O)C(=O)[C@@]2(O)C(O)=C3C(=O)c4c(O)cc(CN(CC5CC5)C5Cc6ccccc6C5)c(C(F)(F)F)c4C[C@H]3C[C@@H]12. The smallest absolute Gasteiger partial charge is 0.417 e. The number of primary amides is 1. The summed E-state index contributed by atoms with van der Waals surface area (Å²) in [6, 6.07) is 7.62. The van der Waals surface area contributed by atoms with E-state index >= 15 is 13.2 Å². The number of benzene rings is 2. The average Bonchev–Trinajstić information content (AvgIpc) is 3.71. The van der Waals surface area contributed by atoms with Crippen molar-refractivity contribution < 1.29 is 48.0 Å². The van der Waals surface area contributed by atoms with Gasteiger partial charge in [0.15, 0.2) is 11.4 Å². The Labute approximate surface area is 280 Å². The Morgan fingerprint density at radius 3 is 2.22 bits per heavy atom. The maximum absolute atomic E-state index is 15.2. The van der Waals surface area contributed by atoms with Crippen molar-refractivity contribution in [2.75, 3.05) is 20.6 Å². The fourth-order valence-electron chi connectivity index (χ4n) is 8.86. The number of aliphatic hydroxyl groups excluding tert-OH is 2. The third kappa shape index (κ3) is 5.16. The normalized spacial score (nSPS) is 27.1. The van der Waals surface area contributed by atoms with Crippen molar-refractivity contribution >= 4 is 17.5 Å². The number of nitrogens with two attached hydrogens (primary N) is 1. The van der Waals surface area contributed by atoms with Gasteiger partial charge in [0, 0.05) is 30.6 Å². The summed E-state index contributed by atoms with van der Waals surface area (Å²) < 4.78 is 45.6. The van der Waals surface area contributed by atoms with E-state index in [4.69, 9.17) is 5.73 Å². The van der Waals surface area contributed by atoms with Crippen LogP contribution in [0.2, 0.25) is 0 Å². The quantitative estimate of drug-likeness (QED) is 0.275. The van der Waals surface area contributed by atoms with Crippen LogP contribution in [-0.4, -0.2) is 86.0 Å². The summed E-state index contributed by atoms with van der Waals surface area (Å²) in [7, 11) is 2.96. The van der Waals surface area contributed by atoms with Crippen LogP contribution in [0.4, 0.5) is 13.2 Å². The van der Waals surface area contributed by atoms with Gasteiger partial charge in [-0.05, 0) is 92.8 Å². The van der Waals surface area contributed by atoms with E-state index in [0.29, 0.717) is 25.3 Å². The highest BCUT2D eigenvalue weighted by atomic mass is 19.4. The van der Waals surface area contributed by atoms with Crippen molar-refractivity contribution in [2.24, 2.45) is 23.5 Å². The molecule has 1 saturated carbocycles. The van der Waals surface area contributed by atoms with E-state index in [1.54, 1.807) is 0 Å². The predicted molar refractivity (Wildman–Crippen MR) is 169 cm³/mol. The molecule has 4 atom stereocenters. The molecule has 5 aliphatic rings. The number of amides is 1. The number of nitrogens with zero attached hydrogens (tertiary/aromatic N) is 2. The van der Waals surface area contributed by atoms with Crippen molar-refractivity contribution in [3.63, 3.8) is 0 Å². The van der Waals surface area contributed by atoms with Crippen LogP contribution in [0.3, 0.4) is 0 Å². The van der Waals surface area contributed by atoms with Gasteiger partial charge in [0.25, 0.3) is 5.91 Å². The molecule has 49 heavy (non-hydrogen) atoms. The number of aromatic hydroxyl groups is 1. The van der Waals surface area contributed by atoms with Gasteiger partial charge in [-0.3, -0.25) is 24.2 Å². The summed E-state index contributed by atoms with van der Waals surface area (Å²) >= 11 is 0. The van der Waals surface area contributed by atoms with Gasteiger partial charge in [0.05, 0.1) is 17.2 Å². The fourth-order valence-corrected chi connectivity index (χ4v) is 8.86. The highest BCUT2D eigenvalue weighted by molar-refractivity contribution is 6.24. The van der Waals surface area contributed by atoms with E-state index in [9.17, 15) is 34.8 Å². The number of hydrogen-bond donors (Lipinski definition) is 5. The second-order valence-corrected chi connectivity index (χ2v) is 14.4. The number of phenols is 1. The molecule has 0 aliphatic heterocycles. The first-order valence-corrected chi connectivity index (χ1v) is 16.4. The first-order chi connectivity index (χ1) is 23.0. The largest absolute Gasteiger partial charge is 0.510 e. The molecule has 0 saturated heterocycles. The lowest BCUT2D eigenvalue weighted by Crippen LogP contribution is -2.63. The number of fused-ring (bicyclic) bond motifs is 4. The zero-order chi connectivity index (χ0) is 35.3. The molecular formula is C36H38F3N3O7. The number of aliphatic hydroxyl groups is 3. The Kier molecular flexibility index (Phi) is 7.77. The Morgan fingerprint density at radius 2 is 1.67 bits per heavy atom. The minimum absolute atomic E-state index is 0.0424. The minimum atomic E-state index is -4.92. The second-order valence-electron chi connectivity index (χ2n) is 14.4. The molecular weight excluding hydrogens is 643 g/mol. The Hall–Kier alpha value is -4.20. The number of allylic oxidation sites excluding steroid dienone is 1. The third-order valence-electron chi connectivity index (χ3n) is 11.2. The van der Waals surface area contributed by atoms with Crippen LogP contribution in [0.15, 0.2) is 53.0 Å². The van der Waals surface area contributed by atoms with E-state index in [-0.39, 0.29) is 24.6 Å². The van der Waals surface area contributed by atoms with Gasteiger partial charge in [-0.25, -0.2) is 0 Å². The second kappa shape index (κ2) is 11.4. The van der Waals surface area contributed by atoms with Gasteiger partial charge in [0.1, 0.15) is 22.8 Å². The lowest BCUT2D eigenvalue weighted by Gasteiger charge is -2.50. The Balaban J connectivity index is 1.33. The molecule has 0 bridgehead atoms. The highest BCUT2D eigenvalue weighted by Crippen LogP contribution is 2.54. The maximum Gasteiger partial charge on any atom is 0.417 e. The van der Waals surface area contributed by atoms with E-state index < -0.39 is 98.7 Å². The summed E-state index contributed by atoms with van der Waals surface area (Å²) in [6.45, 7) is 0.492. The lowest BCUT2D eigenvalue weighted by molar-refractivity contribution is -0.148. The molecule has 7 rings (SSSR count). The number of halogens is 3. The van der Waals surface area contributed by atoms with Crippen LogP contribution < -0.4 is 5.73 Å². The van der Waals surface area contributed by atoms with Crippen LogP contribution in [-0.2, 0) is 41.6 Å². The number of phenolic OH excluding ortho intramolecular Hbond substituents is 1. The molecule has 1 amide bonds. The van der Waals surface area contributed by atoms with Crippen molar-refractivity contribution in [3.05, 3.63) is 86.4 Å². The van der Waals surface area contributed by atoms with Gasteiger partial charge < -0.3 is 26.2 Å². The Morgan fingerprint density at radius 1 is 1.04 bits per heavy atom. The van der Waals surface area contributed by atoms with E-state index in [1.165, 1.54) is 19.0 Å². The van der Waals surface area contributed by atoms with Crippen LogP contribution >= 0.6 is 0 Å². The van der Waals surface area contributed by atoms with Gasteiger partial charge >= 0.3 is 6.18 Å². The summed E-state index contributed by atoms with van der Waals surface area (Å²) in [6.07, 6.45) is -2.32. The maximum atomic E-state index is 15.2. The minimum Gasteiger partial charge on any atom is -0.510 e. The van der Waals surface area contributed by atoms with E-state index in [2.05, 4.69) is 4.90 Å². The zero-order valence-corrected chi connectivity index (χ0v) is 27.0. The molecule has 0 spiro atoms. The number of carbonyl (C=O) groups excluding carboxylic acids is 3. The summed E-state index contributed by atoms with van der Waals surface area (Å²) in [4.78, 5) is 43.2. The van der Waals surface area contributed by atoms with Gasteiger partial charge in [-0.1, -0.05) is 24.3 Å². The fraction of sp³-hybridized carbons (Fsp3) is 0.472. The molecule has 5 aliphatic carbocycles. The molecule has 2 aromatic carbocycles. The van der Waals surface area contributed by atoms with Gasteiger partial charge in [-0.2, -0.15) is 13.2 Å². The van der Waals surface area contributed by atoms with Crippen molar-refractivity contribution in [1.82, 2.24) is 9.80 Å². The summed E-state index contributed by atoms with van der Waals surface area (Å²) in [5, 5.41) is 45.5. The summed E-state index contributed by atoms with van der Waals surface area (Å²) in [5.74, 6) is -8.60. The first kappa shape index (κ1) is 33.3. The topological polar surface area (TPSA) is 165 Å². The van der Waals surface area contributed by atoms with Gasteiger partial charge in [0.2, 0.25) is 5.78 Å². The number of alkyl halides is 3. The monoisotopic (exact) mass is 681 g/mol. The van der Waals surface area contributed by atoms with Crippen LogP contribution in [0.5, 0.6) is 5.75 Å². The molecule has 0 aromatic heterocycles. The number of carbonyl (C=O) groups is 3. The standard InChI is InChI=1S/C36H38F3N3O7/c1-41(2)29-23-12-19-11-22-26(30(44)25(19)32(46)35(23,49)33(47)27(31(29)45)34(40)48)24(43)13-20(28(22)36(37,38)39)15-42(14-16-7-8-16)21-9-17-5-3-4-6-18(17)10-21/h3-6,13,16,19,21,23,29,43,45-46,49H,7-12,14-15H2,1-2H3,(H2,40,48)/t19-,23-,29-,35-/m0/s1. The molecule has 1 fully saturated rings. The van der Waals surface area contributed by atoms with Gasteiger partial charge in [-0.15, -0.1) is 0 Å². The number of rotatable bonds is 7.